The van der Waals surface area contributed by atoms with Gasteiger partial charge in [-0.3, -0.25) is 4.99 Å². The maximum atomic E-state index is 10.1. The summed E-state index contributed by atoms with van der Waals surface area (Å²) in [6.45, 7) is 0. The van der Waals surface area contributed by atoms with Gasteiger partial charge in [0, 0.05) is 5.56 Å². The van der Waals surface area contributed by atoms with Gasteiger partial charge in [0.15, 0.2) is 5.69 Å². The van der Waals surface area contributed by atoms with Crippen LogP contribution in [0.1, 0.15) is 5.69 Å². The molecule has 0 aliphatic carbocycles. The van der Waals surface area contributed by atoms with Crippen LogP contribution in [0.15, 0.2) is 76.1 Å². The Morgan fingerprint density at radius 2 is 1.72 bits per heavy atom. The average Bonchev–Trinajstić information content (AvgIpc) is 3.01. The van der Waals surface area contributed by atoms with E-state index in [0.717, 1.165) is 16.3 Å². The number of rotatable bonds is 3. The molecule has 4 rings (SSSR count). The van der Waals surface area contributed by atoms with Crippen molar-refractivity contribution in [1.29, 1.82) is 0 Å². The van der Waals surface area contributed by atoms with Crippen molar-refractivity contribution in [2.45, 2.75) is 0 Å². The minimum Gasteiger partial charge on any atom is -0.479 e. The lowest BCUT2D eigenvalue weighted by Gasteiger charge is -2.01. The first-order valence-corrected chi connectivity index (χ1v) is 8.07. The normalized spacial score (nSPS) is 11.4. The topological polar surface area (TPSA) is 58.6 Å². The number of fused-ring (bicyclic) bond motifs is 1. The summed E-state index contributed by atoms with van der Waals surface area (Å²) >= 11 is 6.08. The summed E-state index contributed by atoms with van der Waals surface area (Å²) in [6, 6.07) is 21.0. The summed E-state index contributed by atoms with van der Waals surface area (Å²) in [7, 11) is 0. The van der Waals surface area contributed by atoms with Gasteiger partial charge in [0.2, 0.25) is 5.89 Å². The Morgan fingerprint density at radius 1 is 0.960 bits per heavy atom. The van der Waals surface area contributed by atoms with Gasteiger partial charge in [0.05, 0.1) is 16.9 Å². The zero-order valence-electron chi connectivity index (χ0n) is 13.1. The molecule has 0 atom stereocenters. The van der Waals surface area contributed by atoms with Crippen LogP contribution in [-0.4, -0.2) is 16.3 Å². The van der Waals surface area contributed by atoms with Crippen molar-refractivity contribution < 1.29 is 9.52 Å². The number of para-hydroxylation sites is 1. The third kappa shape index (κ3) is 2.99. The van der Waals surface area contributed by atoms with Crippen molar-refractivity contribution >= 4 is 34.3 Å². The molecule has 3 aromatic carbocycles. The molecule has 0 radical (unpaired) electrons. The molecule has 0 aliphatic rings. The standard InChI is InChI=1S/C20H13ClN2O2/c21-16-10-3-4-11-17(16)22-12-18-20(24)25-19(23-18)15-9-5-7-13-6-1-2-8-14(13)15/h1-12,24H. The van der Waals surface area contributed by atoms with Crippen molar-refractivity contribution in [3.8, 4) is 17.4 Å². The summed E-state index contributed by atoms with van der Waals surface area (Å²) in [5.74, 6) is 0.0636. The number of aromatic nitrogens is 1. The number of oxazole rings is 1. The zero-order valence-corrected chi connectivity index (χ0v) is 13.8. The van der Waals surface area contributed by atoms with Crippen LogP contribution >= 0.6 is 11.6 Å². The first-order valence-electron chi connectivity index (χ1n) is 7.69. The fraction of sp³-hybridized carbons (Fsp3) is 0. The van der Waals surface area contributed by atoms with E-state index in [2.05, 4.69) is 9.98 Å². The molecular weight excluding hydrogens is 336 g/mol. The van der Waals surface area contributed by atoms with Crippen molar-refractivity contribution in [3.63, 3.8) is 0 Å². The third-order valence-corrected chi connectivity index (χ3v) is 4.15. The Kier molecular flexibility index (Phi) is 3.96. The van der Waals surface area contributed by atoms with Crippen LogP contribution in [0.3, 0.4) is 0 Å². The van der Waals surface area contributed by atoms with Crippen molar-refractivity contribution in [1.82, 2.24) is 4.98 Å². The van der Waals surface area contributed by atoms with Crippen LogP contribution in [0.5, 0.6) is 5.95 Å². The number of hydrogen-bond donors (Lipinski definition) is 1. The SMILES string of the molecule is Oc1oc(-c2cccc3ccccc23)nc1C=Nc1ccccc1Cl. The molecule has 0 unspecified atom stereocenters. The van der Waals surface area contributed by atoms with Crippen LogP contribution in [0.4, 0.5) is 5.69 Å². The Hall–Kier alpha value is -3.11. The second-order valence-electron chi connectivity index (χ2n) is 5.45. The van der Waals surface area contributed by atoms with E-state index in [4.69, 9.17) is 16.0 Å². The van der Waals surface area contributed by atoms with Gasteiger partial charge in [-0.1, -0.05) is 60.1 Å². The second-order valence-corrected chi connectivity index (χ2v) is 5.85. The van der Waals surface area contributed by atoms with Crippen LogP contribution in [-0.2, 0) is 0 Å². The number of nitrogens with zero attached hydrogens (tertiary/aromatic N) is 2. The zero-order chi connectivity index (χ0) is 17.2. The van der Waals surface area contributed by atoms with Crippen molar-refractivity contribution in [2.24, 2.45) is 4.99 Å². The lowest BCUT2D eigenvalue weighted by atomic mass is 10.0. The van der Waals surface area contributed by atoms with Crippen LogP contribution in [0.25, 0.3) is 22.2 Å². The first-order chi connectivity index (χ1) is 12.2. The monoisotopic (exact) mass is 348 g/mol. The van der Waals surface area contributed by atoms with Crippen LogP contribution in [0, 0.1) is 0 Å². The summed E-state index contributed by atoms with van der Waals surface area (Å²) in [4.78, 5) is 8.63. The molecule has 0 fully saturated rings. The van der Waals surface area contributed by atoms with Crippen LogP contribution in [0.2, 0.25) is 5.02 Å². The maximum absolute atomic E-state index is 10.1. The van der Waals surface area contributed by atoms with E-state index >= 15 is 0 Å². The molecule has 0 saturated carbocycles. The van der Waals surface area contributed by atoms with E-state index in [0.29, 0.717) is 16.6 Å². The van der Waals surface area contributed by atoms with E-state index in [-0.39, 0.29) is 11.6 Å². The molecule has 1 N–H and O–H groups in total. The van der Waals surface area contributed by atoms with Crippen LogP contribution < -0.4 is 0 Å². The number of aromatic hydroxyl groups is 1. The average molecular weight is 349 g/mol. The van der Waals surface area contributed by atoms with Gasteiger partial charge in [0.1, 0.15) is 0 Å². The number of aliphatic imine (C=N–C) groups is 1. The van der Waals surface area contributed by atoms with E-state index in [1.165, 1.54) is 6.21 Å². The molecule has 1 aromatic heterocycles. The van der Waals surface area contributed by atoms with Crippen molar-refractivity contribution in [2.75, 3.05) is 0 Å². The molecular formula is C20H13ClN2O2. The maximum Gasteiger partial charge on any atom is 0.312 e. The molecule has 0 amide bonds. The van der Waals surface area contributed by atoms with Gasteiger partial charge in [-0.25, -0.2) is 4.98 Å². The summed E-state index contributed by atoms with van der Waals surface area (Å²) < 4.78 is 5.45. The fourth-order valence-electron chi connectivity index (χ4n) is 2.62. The molecule has 122 valence electrons. The Morgan fingerprint density at radius 3 is 2.60 bits per heavy atom. The molecule has 0 saturated heterocycles. The lowest BCUT2D eigenvalue weighted by molar-refractivity contribution is 0.337. The predicted molar refractivity (Wildman–Crippen MR) is 99.8 cm³/mol. The highest BCUT2D eigenvalue weighted by molar-refractivity contribution is 6.33. The summed E-state index contributed by atoms with van der Waals surface area (Å²) in [6.07, 6.45) is 1.44. The highest BCUT2D eigenvalue weighted by Gasteiger charge is 2.14. The summed E-state index contributed by atoms with van der Waals surface area (Å²) in [5, 5.41) is 12.7. The lowest BCUT2D eigenvalue weighted by Crippen LogP contribution is -1.84. The molecule has 25 heavy (non-hydrogen) atoms. The molecule has 5 heteroatoms. The third-order valence-electron chi connectivity index (χ3n) is 3.83. The van der Waals surface area contributed by atoms with Gasteiger partial charge in [-0.15, -0.1) is 0 Å². The predicted octanol–water partition coefficient (Wildman–Crippen LogP) is 5.60. The molecule has 4 aromatic rings. The Labute approximate surface area is 149 Å². The molecule has 0 aliphatic heterocycles. The molecule has 4 nitrogen and oxygen atoms in total. The van der Waals surface area contributed by atoms with E-state index in [9.17, 15) is 5.11 Å². The quantitative estimate of drug-likeness (QED) is 0.490. The minimum atomic E-state index is -0.279. The van der Waals surface area contributed by atoms with Crippen molar-refractivity contribution in [3.05, 3.63) is 77.4 Å². The molecule has 1 heterocycles. The Bertz CT molecular complexity index is 1080. The van der Waals surface area contributed by atoms with Gasteiger partial charge in [-0.2, -0.15) is 0 Å². The minimum absolute atomic E-state index is 0.253. The highest BCUT2D eigenvalue weighted by atomic mass is 35.5. The van der Waals surface area contributed by atoms with Gasteiger partial charge in [0.25, 0.3) is 0 Å². The second kappa shape index (κ2) is 6.42. The smallest absolute Gasteiger partial charge is 0.312 e. The molecule has 0 bridgehead atoms. The van der Waals surface area contributed by atoms with Gasteiger partial charge in [-0.05, 0) is 29.0 Å². The number of hydrogen-bond acceptors (Lipinski definition) is 4. The van der Waals surface area contributed by atoms with Gasteiger partial charge >= 0.3 is 5.95 Å². The fourth-order valence-corrected chi connectivity index (χ4v) is 2.81. The van der Waals surface area contributed by atoms with E-state index in [1.807, 2.05) is 54.6 Å². The molecule has 0 spiro atoms. The summed E-state index contributed by atoms with van der Waals surface area (Å²) in [5.41, 5.74) is 1.66. The Balaban J connectivity index is 1.74. The highest BCUT2D eigenvalue weighted by Crippen LogP contribution is 2.31. The van der Waals surface area contributed by atoms with Gasteiger partial charge < -0.3 is 9.52 Å². The largest absolute Gasteiger partial charge is 0.479 e. The van der Waals surface area contributed by atoms with E-state index in [1.54, 1.807) is 12.1 Å². The number of halogens is 1. The van der Waals surface area contributed by atoms with E-state index < -0.39 is 0 Å². The first kappa shape index (κ1) is 15.4. The number of benzene rings is 3.